The molecule has 1 saturated heterocycles. The lowest BCUT2D eigenvalue weighted by Gasteiger charge is -2.21. The standard InChI is InChI=1S/C13H24N2O3/c1-18-12(16)7-3-2-4-9-15-13(17)11-6-5-8-14-10-11/h11,14H,2-10H2,1H3,(H,15,17). The monoisotopic (exact) mass is 256 g/mol. The highest BCUT2D eigenvalue weighted by molar-refractivity contribution is 5.78. The molecule has 5 heteroatoms. The maximum Gasteiger partial charge on any atom is 0.305 e. The van der Waals surface area contributed by atoms with Gasteiger partial charge >= 0.3 is 5.97 Å². The molecule has 0 aromatic heterocycles. The van der Waals surface area contributed by atoms with Gasteiger partial charge in [-0.1, -0.05) is 6.42 Å². The number of hydrogen-bond donors (Lipinski definition) is 2. The maximum atomic E-state index is 11.8. The van der Waals surface area contributed by atoms with Crippen LogP contribution >= 0.6 is 0 Å². The van der Waals surface area contributed by atoms with Gasteiger partial charge in [0.25, 0.3) is 0 Å². The summed E-state index contributed by atoms with van der Waals surface area (Å²) in [6, 6.07) is 0. The Labute approximate surface area is 109 Å². The summed E-state index contributed by atoms with van der Waals surface area (Å²) in [6.45, 7) is 2.53. The molecule has 0 bridgehead atoms. The molecule has 0 spiro atoms. The minimum Gasteiger partial charge on any atom is -0.469 e. The van der Waals surface area contributed by atoms with E-state index >= 15 is 0 Å². The van der Waals surface area contributed by atoms with E-state index in [2.05, 4.69) is 15.4 Å². The fourth-order valence-corrected chi connectivity index (χ4v) is 2.10. The Bertz CT molecular complexity index is 263. The Morgan fingerprint density at radius 1 is 1.33 bits per heavy atom. The minimum absolute atomic E-state index is 0.133. The lowest BCUT2D eigenvalue weighted by Crippen LogP contribution is -2.40. The van der Waals surface area contributed by atoms with Crippen molar-refractivity contribution < 1.29 is 14.3 Å². The first-order valence-electron chi connectivity index (χ1n) is 6.79. The summed E-state index contributed by atoms with van der Waals surface area (Å²) in [5, 5.41) is 6.19. The van der Waals surface area contributed by atoms with E-state index < -0.39 is 0 Å². The molecular formula is C13H24N2O3. The predicted molar refractivity (Wildman–Crippen MR) is 69.1 cm³/mol. The number of methoxy groups -OCH3 is 1. The molecule has 1 atom stereocenters. The number of carbonyl (C=O) groups excluding carboxylic acids is 2. The summed E-state index contributed by atoms with van der Waals surface area (Å²) < 4.78 is 4.56. The minimum atomic E-state index is -0.160. The zero-order valence-corrected chi connectivity index (χ0v) is 11.2. The van der Waals surface area contributed by atoms with Crippen molar-refractivity contribution >= 4 is 11.9 Å². The first-order valence-corrected chi connectivity index (χ1v) is 6.79. The quantitative estimate of drug-likeness (QED) is 0.523. The van der Waals surface area contributed by atoms with Gasteiger partial charge < -0.3 is 15.4 Å². The van der Waals surface area contributed by atoms with E-state index in [9.17, 15) is 9.59 Å². The van der Waals surface area contributed by atoms with E-state index in [-0.39, 0.29) is 17.8 Å². The summed E-state index contributed by atoms with van der Waals surface area (Å²) >= 11 is 0. The molecule has 104 valence electrons. The van der Waals surface area contributed by atoms with Crippen molar-refractivity contribution in [3.63, 3.8) is 0 Å². The number of piperidine rings is 1. The van der Waals surface area contributed by atoms with E-state index in [0.29, 0.717) is 13.0 Å². The first-order chi connectivity index (χ1) is 8.74. The fraction of sp³-hybridized carbons (Fsp3) is 0.846. The van der Waals surface area contributed by atoms with Crippen molar-refractivity contribution in [2.45, 2.75) is 38.5 Å². The van der Waals surface area contributed by atoms with Crippen LogP contribution in [0.1, 0.15) is 38.5 Å². The third kappa shape index (κ3) is 6.00. The Morgan fingerprint density at radius 2 is 2.17 bits per heavy atom. The number of ether oxygens (including phenoxy) is 1. The molecule has 0 aliphatic carbocycles. The molecule has 2 N–H and O–H groups in total. The van der Waals surface area contributed by atoms with Crippen molar-refractivity contribution in [1.29, 1.82) is 0 Å². The van der Waals surface area contributed by atoms with Crippen molar-refractivity contribution in [2.24, 2.45) is 5.92 Å². The van der Waals surface area contributed by atoms with Gasteiger partial charge in [-0.05, 0) is 32.2 Å². The Morgan fingerprint density at radius 3 is 2.83 bits per heavy atom. The normalized spacial score (nSPS) is 19.3. The van der Waals surface area contributed by atoms with Gasteiger partial charge in [0.1, 0.15) is 0 Å². The van der Waals surface area contributed by atoms with Gasteiger partial charge in [-0.25, -0.2) is 0 Å². The van der Waals surface area contributed by atoms with Gasteiger partial charge in [0.15, 0.2) is 0 Å². The number of nitrogens with one attached hydrogen (secondary N) is 2. The number of carbonyl (C=O) groups is 2. The van der Waals surface area contributed by atoms with Crippen LogP contribution < -0.4 is 10.6 Å². The first kappa shape index (κ1) is 15.0. The van der Waals surface area contributed by atoms with E-state index in [0.717, 1.165) is 45.2 Å². The van der Waals surface area contributed by atoms with Crippen molar-refractivity contribution in [3.8, 4) is 0 Å². The van der Waals surface area contributed by atoms with Crippen LogP contribution in [0, 0.1) is 5.92 Å². The van der Waals surface area contributed by atoms with Gasteiger partial charge in [0.2, 0.25) is 5.91 Å². The van der Waals surface area contributed by atoms with Crippen LogP contribution in [-0.4, -0.2) is 38.6 Å². The number of hydrogen-bond acceptors (Lipinski definition) is 4. The fourth-order valence-electron chi connectivity index (χ4n) is 2.10. The molecule has 5 nitrogen and oxygen atoms in total. The maximum absolute atomic E-state index is 11.8. The smallest absolute Gasteiger partial charge is 0.305 e. The summed E-state index contributed by atoms with van der Waals surface area (Å²) in [4.78, 5) is 22.6. The number of rotatable bonds is 7. The van der Waals surface area contributed by atoms with Gasteiger partial charge in [0.05, 0.1) is 13.0 Å². The molecule has 1 heterocycles. The molecule has 0 aromatic rings. The van der Waals surface area contributed by atoms with E-state index in [1.54, 1.807) is 0 Å². The third-order valence-corrected chi connectivity index (χ3v) is 3.25. The van der Waals surface area contributed by atoms with Crippen molar-refractivity contribution in [3.05, 3.63) is 0 Å². The van der Waals surface area contributed by atoms with Crippen LogP contribution in [0.2, 0.25) is 0 Å². The molecule has 1 unspecified atom stereocenters. The van der Waals surface area contributed by atoms with Crippen LogP contribution in [0.4, 0.5) is 0 Å². The van der Waals surface area contributed by atoms with Crippen LogP contribution in [0.15, 0.2) is 0 Å². The predicted octanol–water partition coefficient (Wildman–Crippen LogP) is 0.836. The van der Waals surface area contributed by atoms with Gasteiger partial charge in [0, 0.05) is 19.5 Å². The number of unbranched alkanes of at least 4 members (excludes halogenated alkanes) is 2. The zero-order chi connectivity index (χ0) is 13.2. The van der Waals surface area contributed by atoms with Gasteiger partial charge in [-0.2, -0.15) is 0 Å². The largest absolute Gasteiger partial charge is 0.469 e. The van der Waals surface area contributed by atoms with Crippen LogP contribution in [0.3, 0.4) is 0 Å². The molecular weight excluding hydrogens is 232 g/mol. The molecule has 18 heavy (non-hydrogen) atoms. The second-order valence-corrected chi connectivity index (χ2v) is 4.72. The topological polar surface area (TPSA) is 67.4 Å². The molecule has 1 aliphatic rings. The lowest BCUT2D eigenvalue weighted by molar-refractivity contribution is -0.140. The van der Waals surface area contributed by atoms with E-state index in [1.807, 2.05) is 0 Å². The van der Waals surface area contributed by atoms with Crippen molar-refractivity contribution in [2.75, 3.05) is 26.7 Å². The van der Waals surface area contributed by atoms with Gasteiger partial charge in [-0.3, -0.25) is 9.59 Å². The van der Waals surface area contributed by atoms with Crippen LogP contribution in [0.25, 0.3) is 0 Å². The molecule has 1 rings (SSSR count). The second-order valence-electron chi connectivity index (χ2n) is 4.72. The lowest BCUT2D eigenvalue weighted by atomic mass is 9.99. The highest BCUT2D eigenvalue weighted by atomic mass is 16.5. The number of amides is 1. The zero-order valence-electron chi connectivity index (χ0n) is 11.2. The van der Waals surface area contributed by atoms with Gasteiger partial charge in [-0.15, -0.1) is 0 Å². The Hall–Kier alpha value is -1.10. The van der Waals surface area contributed by atoms with E-state index in [4.69, 9.17) is 0 Å². The highest BCUT2D eigenvalue weighted by Crippen LogP contribution is 2.09. The third-order valence-electron chi connectivity index (χ3n) is 3.25. The molecule has 1 fully saturated rings. The average molecular weight is 256 g/mol. The molecule has 0 aromatic carbocycles. The summed E-state index contributed by atoms with van der Waals surface area (Å²) in [5.41, 5.74) is 0. The second kappa shape index (κ2) is 8.91. The van der Waals surface area contributed by atoms with E-state index in [1.165, 1.54) is 7.11 Å². The highest BCUT2D eigenvalue weighted by Gasteiger charge is 2.19. The average Bonchev–Trinajstić information content (AvgIpc) is 2.43. The summed E-state index contributed by atoms with van der Waals surface area (Å²) in [6.07, 6.45) is 5.23. The van der Waals surface area contributed by atoms with Crippen LogP contribution in [0.5, 0.6) is 0 Å². The SMILES string of the molecule is COC(=O)CCCCCNC(=O)C1CCCNC1. The van der Waals surface area contributed by atoms with Crippen LogP contribution in [-0.2, 0) is 14.3 Å². The summed E-state index contributed by atoms with van der Waals surface area (Å²) in [5.74, 6) is 0.135. The Balaban J connectivity index is 1.96. The molecule has 0 radical (unpaired) electrons. The molecule has 1 aliphatic heterocycles. The van der Waals surface area contributed by atoms with Crippen molar-refractivity contribution in [1.82, 2.24) is 10.6 Å². The number of esters is 1. The molecule has 0 saturated carbocycles. The summed E-state index contributed by atoms with van der Waals surface area (Å²) in [7, 11) is 1.40. The Kier molecular flexibility index (Phi) is 7.41. The molecule has 1 amide bonds.